The molecule has 0 unspecified atom stereocenters. The van der Waals surface area contributed by atoms with Gasteiger partial charge >= 0.3 is 0 Å². The lowest BCUT2D eigenvalue weighted by Gasteiger charge is -2.10. The fourth-order valence-corrected chi connectivity index (χ4v) is 2.41. The third kappa shape index (κ3) is 3.25. The van der Waals surface area contributed by atoms with Crippen LogP contribution >= 0.6 is 11.6 Å². The molecule has 0 aliphatic heterocycles. The number of benzene rings is 1. The Morgan fingerprint density at radius 1 is 1.40 bits per heavy atom. The smallest absolute Gasteiger partial charge is 0.137 e. The summed E-state index contributed by atoms with van der Waals surface area (Å²) in [5.74, 6) is 1.09. The lowest BCUT2D eigenvalue weighted by molar-refractivity contribution is 0.415. The Morgan fingerprint density at radius 3 is 2.75 bits per heavy atom. The minimum absolute atomic E-state index is 0.410. The van der Waals surface area contributed by atoms with Crippen molar-refractivity contribution in [2.24, 2.45) is 7.05 Å². The number of halogens is 1. The highest BCUT2D eigenvalue weighted by molar-refractivity contribution is 6.32. The maximum atomic E-state index is 6.12. The van der Waals surface area contributed by atoms with E-state index in [1.807, 2.05) is 36.1 Å². The molecule has 0 bridgehead atoms. The molecule has 0 radical (unpaired) electrons. The third-order valence-corrected chi connectivity index (χ3v) is 3.41. The second-order valence-electron chi connectivity index (χ2n) is 5.07. The molecule has 1 N–H and O–H groups in total. The van der Waals surface area contributed by atoms with E-state index < -0.39 is 0 Å². The topological polar surface area (TPSA) is 39.1 Å². The highest BCUT2D eigenvalue weighted by Gasteiger charge is 2.11. The molecule has 1 aromatic carbocycles. The van der Waals surface area contributed by atoms with Crippen LogP contribution in [0, 0.1) is 0 Å². The first-order valence-corrected chi connectivity index (χ1v) is 6.99. The van der Waals surface area contributed by atoms with E-state index in [9.17, 15) is 0 Å². The molecule has 108 valence electrons. The molecule has 0 saturated heterocycles. The highest BCUT2D eigenvalue weighted by atomic mass is 35.5. The van der Waals surface area contributed by atoms with Crippen LogP contribution in [0.3, 0.4) is 0 Å². The zero-order valence-corrected chi connectivity index (χ0v) is 13.0. The van der Waals surface area contributed by atoms with Gasteiger partial charge in [0, 0.05) is 31.0 Å². The Hall–Kier alpha value is -1.68. The molecule has 1 heterocycles. The van der Waals surface area contributed by atoms with Gasteiger partial charge in [-0.05, 0) is 24.1 Å². The van der Waals surface area contributed by atoms with Gasteiger partial charge < -0.3 is 10.1 Å². The maximum absolute atomic E-state index is 6.12. The Labute approximate surface area is 124 Å². The summed E-state index contributed by atoms with van der Waals surface area (Å²) >= 11 is 6.12. The van der Waals surface area contributed by atoms with Gasteiger partial charge in [-0.25, -0.2) is 0 Å². The quantitative estimate of drug-likeness (QED) is 0.911. The van der Waals surface area contributed by atoms with E-state index in [0.29, 0.717) is 16.7 Å². The number of ether oxygens (including phenoxy) is 1. The third-order valence-electron chi connectivity index (χ3n) is 3.12. The van der Waals surface area contributed by atoms with Gasteiger partial charge in [0.2, 0.25) is 0 Å². The van der Waals surface area contributed by atoms with Crippen molar-refractivity contribution in [3.05, 3.63) is 40.7 Å². The second-order valence-corrected chi connectivity index (χ2v) is 5.48. The van der Waals surface area contributed by atoms with Crippen molar-refractivity contribution in [3.8, 4) is 5.75 Å². The van der Waals surface area contributed by atoms with Crippen LogP contribution in [0.1, 0.15) is 31.0 Å². The summed E-state index contributed by atoms with van der Waals surface area (Å²) in [5.41, 5.74) is 3.29. The number of nitrogens with zero attached hydrogens (tertiary/aromatic N) is 2. The van der Waals surface area contributed by atoms with Crippen molar-refractivity contribution in [1.82, 2.24) is 9.78 Å². The Morgan fingerprint density at radius 2 is 2.15 bits per heavy atom. The Bertz CT molecular complexity index is 593. The number of nitrogens with one attached hydrogen (secondary N) is 1. The lowest BCUT2D eigenvalue weighted by Crippen LogP contribution is -2.02. The zero-order chi connectivity index (χ0) is 14.7. The number of methoxy groups -OCH3 is 1. The SMILES string of the molecule is COc1ccc(NCc2cn(C)nc2C(C)C)cc1Cl. The lowest BCUT2D eigenvalue weighted by atomic mass is 10.1. The van der Waals surface area contributed by atoms with Crippen molar-refractivity contribution in [3.63, 3.8) is 0 Å². The van der Waals surface area contributed by atoms with Gasteiger partial charge in [-0.3, -0.25) is 4.68 Å². The van der Waals surface area contributed by atoms with Crippen molar-refractivity contribution < 1.29 is 4.74 Å². The van der Waals surface area contributed by atoms with Gasteiger partial charge in [0.1, 0.15) is 5.75 Å². The monoisotopic (exact) mass is 293 g/mol. The summed E-state index contributed by atoms with van der Waals surface area (Å²) in [4.78, 5) is 0. The maximum Gasteiger partial charge on any atom is 0.137 e. The fourth-order valence-electron chi connectivity index (χ4n) is 2.15. The van der Waals surface area contributed by atoms with Crippen LogP contribution in [0.4, 0.5) is 5.69 Å². The van der Waals surface area contributed by atoms with Gasteiger partial charge in [0.25, 0.3) is 0 Å². The molecule has 5 heteroatoms. The first-order valence-electron chi connectivity index (χ1n) is 6.61. The summed E-state index contributed by atoms with van der Waals surface area (Å²) in [6.45, 7) is 5.02. The van der Waals surface area contributed by atoms with Crippen LogP contribution in [0.15, 0.2) is 24.4 Å². The van der Waals surface area contributed by atoms with Crippen LogP contribution in [0.25, 0.3) is 0 Å². The first-order chi connectivity index (χ1) is 9.51. The summed E-state index contributed by atoms with van der Waals surface area (Å²) in [5, 5.41) is 8.47. The van der Waals surface area contributed by atoms with Crippen LogP contribution < -0.4 is 10.1 Å². The number of rotatable bonds is 5. The van der Waals surface area contributed by atoms with Gasteiger partial charge in [-0.15, -0.1) is 0 Å². The second kappa shape index (κ2) is 6.18. The molecule has 0 spiro atoms. The molecule has 1 aromatic heterocycles. The average Bonchev–Trinajstić information content (AvgIpc) is 2.78. The molecule has 0 atom stereocenters. The summed E-state index contributed by atoms with van der Waals surface area (Å²) in [6, 6.07) is 5.68. The van der Waals surface area contributed by atoms with Crippen molar-refractivity contribution >= 4 is 17.3 Å². The van der Waals surface area contributed by atoms with Gasteiger partial charge in [0.15, 0.2) is 0 Å². The Kier molecular flexibility index (Phi) is 4.55. The normalized spacial score (nSPS) is 10.9. The zero-order valence-electron chi connectivity index (χ0n) is 12.3. The predicted octanol–water partition coefficient (Wildman–Crippen LogP) is 3.82. The molecule has 0 aliphatic carbocycles. The van der Waals surface area contributed by atoms with Gasteiger partial charge in [-0.1, -0.05) is 25.4 Å². The number of anilines is 1. The first kappa shape index (κ1) is 14.7. The van der Waals surface area contributed by atoms with Gasteiger partial charge in [0.05, 0.1) is 17.8 Å². The predicted molar refractivity (Wildman–Crippen MR) is 82.6 cm³/mol. The van der Waals surface area contributed by atoms with E-state index in [-0.39, 0.29) is 0 Å². The van der Waals surface area contributed by atoms with Crippen molar-refractivity contribution in [2.45, 2.75) is 26.3 Å². The summed E-state index contributed by atoms with van der Waals surface area (Å²) in [6.07, 6.45) is 2.05. The van der Waals surface area contributed by atoms with E-state index >= 15 is 0 Å². The van der Waals surface area contributed by atoms with Crippen LogP contribution in [0.2, 0.25) is 5.02 Å². The molecular formula is C15H20ClN3O. The average molecular weight is 294 g/mol. The van der Waals surface area contributed by atoms with E-state index in [0.717, 1.165) is 17.9 Å². The minimum atomic E-state index is 0.410. The van der Waals surface area contributed by atoms with E-state index in [2.05, 4.69) is 24.3 Å². The van der Waals surface area contributed by atoms with E-state index in [1.165, 1.54) is 5.56 Å². The molecule has 4 nitrogen and oxygen atoms in total. The highest BCUT2D eigenvalue weighted by Crippen LogP contribution is 2.27. The number of hydrogen-bond donors (Lipinski definition) is 1. The number of hydrogen-bond acceptors (Lipinski definition) is 3. The van der Waals surface area contributed by atoms with Crippen LogP contribution in [0.5, 0.6) is 5.75 Å². The molecule has 0 aliphatic rings. The van der Waals surface area contributed by atoms with Crippen LogP contribution in [-0.4, -0.2) is 16.9 Å². The minimum Gasteiger partial charge on any atom is -0.495 e. The largest absolute Gasteiger partial charge is 0.495 e. The van der Waals surface area contributed by atoms with E-state index in [1.54, 1.807) is 7.11 Å². The van der Waals surface area contributed by atoms with Crippen LogP contribution in [-0.2, 0) is 13.6 Å². The van der Waals surface area contributed by atoms with Crippen molar-refractivity contribution in [2.75, 3.05) is 12.4 Å². The van der Waals surface area contributed by atoms with E-state index in [4.69, 9.17) is 16.3 Å². The van der Waals surface area contributed by atoms with Crippen molar-refractivity contribution in [1.29, 1.82) is 0 Å². The number of aryl methyl sites for hydroxylation is 1. The summed E-state index contributed by atoms with van der Waals surface area (Å²) in [7, 11) is 3.55. The molecule has 2 aromatic rings. The molecule has 20 heavy (non-hydrogen) atoms. The standard InChI is InChI=1S/C15H20ClN3O/c1-10(2)15-11(9-19(3)18-15)8-17-12-5-6-14(20-4)13(16)7-12/h5-7,9-10,17H,8H2,1-4H3. The molecule has 0 amide bonds. The molecule has 0 saturated carbocycles. The Balaban J connectivity index is 2.11. The molecule has 0 fully saturated rings. The summed E-state index contributed by atoms with van der Waals surface area (Å²) < 4.78 is 7.00. The van der Waals surface area contributed by atoms with Gasteiger partial charge in [-0.2, -0.15) is 5.10 Å². The molecular weight excluding hydrogens is 274 g/mol. The molecule has 2 rings (SSSR count). The number of aromatic nitrogens is 2. The fraction of sp³-hybridized carbons (Fsp3) is 0.400.